The van der Waals surface area contributed by atoms with Crippen molar-refractivity contribution in [1.29, 1.82) is 0 Å². The predicted octanol–water partition coefficient (Wildman–Crippen LogP) is 3.63. The van der Waals surface area contributed by atoms with Gasteiger partial charge in [0.2, 0.25) is 0 Å². The molecule has 0 bridgehead atoms. The lowest BCUT2D eigenvalue weighted by molar-refractivity contribution is -0.127. The number of hydrogen-bond acceptors (Lipinski definition) is 5. The standard InChI is InChI=1S/C22H22ClFN4O3S/c23-14-1-3-15(4-2-14)26-20(32)25-8-17-9-28(21(29)31-17)16-5-6-19(18(24)7-16)27-10-22(11-27)12-30-13-22/h1-7,17H,8-13H2,(H2,25,26,32)/t17-/m0/s1. The van der Waals surface area contributed by atoms with E-state index >= 15 is 0 Å². The maximum absolute atomic E-state index is 14.8. The number of hydrogen-bond donors (Lipinski definition) is 2. The van der Waals surface area contributed by atoms with Gasteiger partial charge in [0.25, 0.3) is 0 Å². The number of benzene rings is 2. The van der Waals surface area contributed by atoms with Gasteiger partial charge in [0.15, 0.2) is 5.11 Å². The molecule has 3 aliphatic rings. The van der Waals surface area contributed by atoms with E-state index in [4.69, 9.17) is 33.3 Å². The summed E-state index contributed by atoms with van der Waals surface area (Å²) in [6.07, 6.45) is -0.917. The number of ether oxygens (including phenoxy) is 2. The van der Waals surface area contributed by atoms with E-state index in [2.05, 4.69) is 10.6 Å². The van der Waals surface area contributed by atoms with Crippen LogP contribution >= 0.6 is 23.8 Å². The van der Waals surface area contributed by atoms with Crippen LogP contribution in [-0.2, 0) is 9.47 Å². The molecule has 168 valence electrons. The number of nitrogens with one attached hydrogen (secondary N) is 2. The molecule has 7 nitrogen and oxygen atoms in total. The van der Waals surface area contributed by atoms with Gasteiger partial charge in [-0.25, -0.2) is 9.18 Å². The Morgan fingerprint density at radius 3 is 2.62 bits per heavy atom. The normalized spacial score (nSPS) is 21.1. The molecular weight excluding hydrogens is 455 g/mol. The molecule has 32 heavy (non-hydrogen) atoms. The molecule has 0 saturated carbocycles. The molecule has 2 aromatic rings. The van der Waals surface area contributed by atoms with Crippen molar-refractivity contribution in [2.24, 2.45) is 5.41 Å². The number of halogens is 2. The third kappa shape index (κ3) is 4.20. The second kappa shape index (κ2) is 8.38. The first-order chi connectivity index (χ1) is 15.4. The lowest BCUT2D eigenvalue weighted by Crippen LogP contribution is -2.66. The van der Waals surface area contributed by atoms with Crippen molar-refractivity contribution < 1.29 is 18.7 Å². The zero-order valence-corrected chi connectivity index (χ0v) is 18.7. The number of anilines is 3. The number of rotatable bonds is 5. The zero-order valence-electron chi connectivity index (χ0n) is 17.1. The minimum atomic E-state index is -0.505. The number of amides is 1. The number of nitrogens with zero attached hydrogens (tertiary/aromatic N) is 2. The highest BCUT2D eigenvalue weighted by Crippen LogP contribution is 2.41. The molecule has 0 unspecified atom stereocenters. The van der Waals surface area contributed by atoms with E-state index in [9.17, 15) is 9.18 Å². The highest BCUT2D eigenvalue weighted by molar-refractivity contribution is 7.80. The van der Waals surface area contributed by atoms with E-state index in [0.29, 0.717) is 34.6 Å². The third-order valence-corrected chi connectivity index (χ3v) is 6.42. The second-order valence-electron chi connectivity index (χ2n) is 8.44. The molecule has 3 heterocycles. The fraction of sp³-hybridized carbons (Fsp3) is 0.364. The molecule has 1 atom stereocenters. The van der Waals surface area contributed by atoms with Crippen molar-refractivity contribution in [2.45, 2.75) is 6.10 Å². The monoisotopic (exact) mass is 476 g/mol. The zero-order chi connectivity index (χ0) is 22.3. The lowest BCUT2D eigenvalue weighted by atomic mass is 9.78. The Kier molecular flexibility index (Phi) is 5.56. The van der Waals surface area contributed by atoms with Crippen LogP contribution in [-0.4, -0.2) is 56.7 Å². The maximum Gasteiger partial charge on any atom is 0.414 e. The maximum atomic E-state index is 14.8. The number of thiocarbonyl (C=S) groups is 1. The van der Waals surface area contributed by atoms with Gasteiger partial charge in [0.05, 0.1) is 43.1 Å². The molecule has 2 N–H and O–H groups in total. The topological polar surface area (TPSA) is 66.1 Å². The Bertz CT molecular complexity index is 1040. The van der Waals surface area contributed by atoms with Crippen molar-refractivity contribution >= 4 is 52.1 Å². The van der Waals surface area contributed by atoms with E-state index in [0.717, 1.165) is 32.0 Å². The van der Waals surface area contributed by atoms with Gasteiger partial charge in [-0.1, -0.05) is 11.6 Å². The van der Waals surface area contributed by atoms with Crippen molar-refractivity contribution in [1.82, 2.24) is 5.32 Å². The average Bonchev–Trinajstić information content (AvgIpc) is 3.08. The van der Waals surface area contributed by atoms with Crippen LogP contribution in [0.5, 0.6) is 0 Å². The smallest absolute Gasteiger partial charge is 0.414 e. The third-order valence-electron chi connectivity index (χ3n) is 5.92. The van der Waals surface area contributed by atoms with Crippen LogP contribution in [0.1, 0.15) is 0 Å². The second-order valence-corrected chi connectivity index (χ2v) is 9.29. The minimum absolute atomic E-state index is 0.201. The highest BCUT2D eigenvalue weighted by Gasteiger charge is 2.49. The summed E-state index contributed by atoms with van der Waals surface area (Å²) in [7, 11) is 0. The fourth-order valence-electron chi connectivity index (χ4n) is 4.18. The van der Waals surface area contributed by atoms with Gasteiger partial charge in [-0.15, -0.1) is 0 Å². The summed E-state index contributed by atoms with van der Waals surface area (Å²) in [5.41, 5.74) is 2.02. The SMILES string of the molecule is O=C1O[C@@H](CNC(=S)Nc2ccc(Cl)cc2)CN1c1ccc(N2CC3(COC3)C2)c(F)c1. The average molecular weight is 477 g/mol. The highest BCUT2D eigenvalue weighted by atomic mass is 35.5. The fourth-order valence-corrected chi connectivity index (χ4v) is 4.51. The summed E-state index contributed by atoms with van der Waals surface area (Å²) in [4.78, 5) is 15.8. The summed E-state index contributed by atoms with van der Waals surface area (Å²) in [5, 5.41) is 7.13. The first-order valence-corrected chi connectivity index (χ1v) is 11.1. The Hall–Kier alpha value is -2.62. The van der Waals surface area contributed by atoms with Crippen LogP contribution in [0, 0.1) is 11.2 Å². The minimum Gasteiger partial charge on any atom is -0.442 e. The Morgan fingerprint density at radius 1 is 1.22 bits per heavy atom. The molecule has 0 aromatic heterocycles. The first-order valence-electron chi connectivity index (χ1n) is 10.3. The van der Waals surface area contributed by atoms with Gasteiger partial charge < -0.3 is 25.0 Å². The Balaban J connectivity index is 1.14. The molecule has 1 amide bonds. The summed E-state index contributed by atoms with van der Waals surface area (Å²) in [5.74, 6) is -0.347. The van der Waals surface area contributed by atoms with E-state index in [1.54, 1.807) is 24.3 Å². The molecule has 3 fully saturated rings. The number of carbonyl (C=O) groups excluding carboxylic acids is 1. The van der Waals surface area contributed by atoms with Gasteiger partial charge in [0, 0.05) is 23.8 Å². The first kappa shape index (κ1) is 21.2. The molecule has 3 aliphatic heterocycles. The van der Waals surface area contributed by atoms with E-state index in [1.165, 1.54) is 11.0 Å². The van der Waals surface area contributed by atoms with Crippen LogP contribution in [0.4, 0.5) is 26.2 Å². The largest absolute Gasteiger partial charge is 0.442 e. The van der Waals surface area contributed by atoms with Crippen molar-refractivity contribution in [3.05, 3.63) is 53.3 Å². The summed E-state index contributed by atoms with van der Waals surface area (Å²) in [6, 6.07) is 12.0. The van der Waals surface area contributed by atoms with Crippen LogP contribution in [0.3, 0.4) is 0 Å². The Morgan fingerprint density at radius 2 is 1.97 bits per heavy atom. The van der Waals surface area contributed by atoms with Crippen LogP contribution < -0.4 is 20.4 Å². The molecule has 0 aliphatic carbocycles. The van der Waals surface area contributed by atoms with E-state index in [1.807, 2.05) is 17.0 Å². The molecule has 2 aromatic carbocycles. The molecular formula is C22H22ClFN4O3S. The quantitative estimate of drug-likeness (QED) is 0.639. The van der Waals surface area contributed by atoms with Crippen molar-refractivity contribution in [3.63, 3.8) is 0 Å². The van der Waals surface area contributed by atoms with E-state index < -0.39 is 12.2 Å². The molecule has 3 saturated heterocycles. The van der Waals surface area contributed by atoms with Crippen molar-refractivity contribution in [3.8, 4) is 0 Å². The summed E-state index contributed by atoms with van der Waals surface area (Å²) >= 11 is 11.2. The predicted molar refractivity (Wildman–Crippen MR) is 125 cm³/mol. The molecule has 0 radical (unpaired) electrons. The molecule has 10 heteroatoms. The Labute approximate surface area is 195 Å². The molecule has 1 spiro atoms. The van der Waals surface area contributed by atoms with Gasteiger partial charge in [-0.05, 0) is 54.7 Å². The van der Waals surface area contributed by atoms with Gasteiger partial charge in [-0.3, -0.25) is 4.90 Å². The molecule has 5 rings (SSSR count). The lowest BCUT2D eigenvalue weighted by Gasteiger charge is -2.56. The summed E-state index contributed by atoms with van der Waals surface area (Å²) < 4.78 is 25.4. The summed E-state index contributed by atoms with van der Waals surface area (Å²) in [6.45, 7) is 3.73. The van der Waals surface area contributed by atoms with Crippen molar-refractivity contribution in [2.75, 3.05) is 54.5 Å². The van der Waals surface area contributed by atoms with E-state index in [-0.39, 0.29) is 11.2 Å². The van der Waals surface area contributed by atoms with Gasteiger partial charge in [0.1, 0.15) is 11.9 Å². The number of cyclic esters (lactones) is 1. The van der Waals surface area contributed by atoms with Gasteiger partial charge in [-0.2, -0.15) is 0 Å². The van der Waals surface area contributed by atoms with Gasteiger partial charge >= 0.3 is 6.09 Å². The number of carbonyl (C=O) groups is 1. The van der Waals surface area contributed by atoms with Crippen LogP contribution in [0.2, 0.25) is 5.02 Å². The van der Waals surface area contributed by atoms with Crippen LogP contribution in [0.15, 0.2) is 42.5 Å². The van der Waals surface area contributed by atoms with Crippen LogP contribution in [0.25, 0.3) is 0 Å².